The number of aliphatic carboxylic acids is 1. The van der Waals surface area contributed by atoms with Gasteiger partial charge in [0.1, 0.15) is 42.3 Å². The second-order valence-electron chi connectivity index (χ2n) is 16.6. The second-order valence-corrected chi connectivity index (χ2v) is 17.4. The van der Waals surface area contributed by atoms with Gasteiger partial charge in [-0.2, -0.15) is 25.3 Å². The highest BCUT2D eigenvalue weighted by Gasteiger charge is 2.36. The fourth-order valence-electron chi connectivity index (χ4n) is 6.94. The van der Waals surface area contributed by atoms with Gasteiger partial charge in [-0.15, -0.1) is 0 Å². The van der Waals surface area contributed by atoms with Gasteiger partial charge in [-0.1, -0.05) is 91.0 Å². The number of nitrogens with one attached hydrogen (secondary N) is 9. The largest absolute Gasteiger partial charge is 0.480 e. The Morgan fingerprint density at radius 2 is 0.917 bits per heavy atom. The lowest BCUT2D eigenvalue weighted by Gasteiger charge is -2.28. The highest BCUT2D eigenvalue weighted by atomic mass is 32.1. The maximum absolute atomic E-state index is 14.4. The Morgan fingerprint density at radius 3 is 1.29 bits per heavy atom. The number of primary amides is 1. The van der Waals surface area contributed by atoms with Gasteiger partial charge in [-0.3, -0.25) is 43.8 Å². The lowest BCUT2D eigenvalue weighted by molar-refractivity contribution is -0.141. The minimum atomic E-state index is -1.83. The molecule has 0 aliphatic rings. The van der Waals surface area contributed by atoms with Crippen LogP contribution in [-0.2, 0) is 62.4 Å². The number of thiol groups is 2. The first kappa shape index (κ1) is 59.1. The molecule has 0 radical (unpaired) electrons. The number of rotatable bonds is 30. The zero-order valence-corrected chi connectivity index (χ0v) is 41.2. The number of aliphatic hydroxyl groups excluding tert-OH is 1. The molecule has 3 rings (SSSR count). The Morgan fingerprint density at radius 1 is 0.542 bits per heavy atom. The van der Waals surface area contributed by atoms with Crippen LogP contribution >= 0.6 is 25.3 Å². The van der Waals surface area contributed by atoms with Gasteiger partial charge in [0.05, 0.1) is 18.6 Å². The first-order valence-electron chi connectivity index (χ1n) is 22.7. The smallest absolute Gasteiger partial charge is 0.327 e. The van der Waals surface area contributed by atoms with Crippen LogP contribution in [0.3, 0.4) is 0 Å². The van der Waals surface area contributed by atoms with Crippen LogP contribution in [0.15, 0.2) is 91.0 Å². The van der Waals surface area contributed by atoms with Crippen LogP contribution in [0, 0.1) is 5.41 Å². The van der Waals surface area contributed by atoms with Crippen LogP contribution in [-0.4, -0.2) is 142 Å². The average molecular weight is 1040 g/mol. The first-order valence-corrected chi connectivity index (χ1v) is 24.0. The molecule has 0 bridgehead atoms. The highest BCUT2D eigenvalue weighted by Crippen LogP contribution is 2.11. The number of carbonyl (C=O) groups is 9. The van der Waals surface area contributed by atoms with Gasteiger partial charge in [0.25, 0.3) is 0 Å². The zero-order chi connectivity index (χ0) is 53.3. The SMILES string of the molecule is C[C@@H](O)[C@H](NC(=O)[C@H](CC(N)=O)NC(=O)[C@H](Cc1ccccc1)NC(=O)[C@H](Cc1ccccc1)NC(=O)[C@H](CCCNC(=N)N)NC(=O)[C@@H](N)CS)C(=O)N[C@@H](Cc1ccccc1)C(=O)N[C@@H](CS)C(=O)O. The number of hydrogen-bond donors (Lipinski definition) is 16. The molecular formula is C47H64N12O11S2. The number of nitrogens with two attached hydrogens (primary N) is 3. The standard InChI is InChI=1S/C47H64N12O11S2/c1-26(60)38(45(68)57-34(22-29-16-9-4-10-17-29)43(66)58-36(25-72)46(69)70)59-44(67)35(23-37(49)61)56-42(65)33(21-28-14-7-3-8-15-28)55-41(64)32(20-27-12-5-2-6-13-27)54-40(63)31(18-11-19-52-47(50)51)53-39(62)30(48)24-71/h2-10,12-17,26,30-36,38,60,71-72H,11,18-25,48H2,1H3,(H2,49,61)(H,53,62)(H,54,63)(H,55,64)(H,56,65)(H,57,68)(H,58,66)(H,59,67)(H,69,70)(H4,50,51,52)/t26-,30+,31+,32+,33+,34+,35+,36+,38+/m1/s1. The van der Waals surface area contributed by atoms with Crippen LogP contribution in [0.5, 0.6) is 0 Å². The molecule has 25 heteroatoms. The number of aliphatic hydroxyl groups is 1. The van der Waals surface area contributed by atoms with Gasteiger partial charge in [-0.25, -0.2) is 4.79 Å². The van der Waals surface area contributed by atoms with Crippen molar-refractivity contribution in [2.45, 2.75) is 99.9 Å². The van der Waals surface area contributed by atoms with E-state index in [4.69, 9.17) is 22.6 Å². The number of benzene rings is 3. The molecule has 23 nitrogen and oxygen atoms in total. The van der Waals surface area contributed by atoms with Gasteiger partial charge >= 0.3 is 5.97 Å². The summed E-state index contributed by atoms with van der Waals surface area (Å²) in [5, 5.41) is 47.7. The predicted molar refractivity (Wildman–Crippen MR) is 272 cm³/mol. The van der Waals surface area contributed by atoms with E-state index >= 15 is 0 Å². The predicted octanol–water partition coefficient (Wildman–Crippen LogP) is -3.10. The van der Waals surface area contributed by atoms with Crippen molar-refractivity contribution in [2.75, 3.05) is 18.1 Å². The minimum Gasteiger partial charge on any atom is -0.480 e. The maximum Gasteiger partial charge on any atom is 0.327 e. The molecule has 0 aliphatic carbocycles. The molecule has 17 N–H and O–H groups in total. The number of guanidine groups is 1. The number of hydrogen-bond acceptors (Lipinski definition) is 14. The fourth-order valence-corrected chi connectivity index (χ4v) is 7.36. The highest BCUT2D eigenvalue weighted by molar-refractivity contribution is 7.80. The van der Waals surface area contributed by atoms with E-state index in [0.717, 1.165) is 6.92 Å². The van der Waals surface area contributed by atoms with Crippen LogP contribution in [0.4, 0.5) is 0 Å². The van der Waals surface area contributed by atoms with Crippen molar-refractivity contribution in [3.8, 4) is 0 Å². The summed E-state index contributed by atoms with van der Waals surface area (Å²) >= 11 is 8.04. The summed E-state index contributed by atoms with van der Waals surface area (Å²) < 4.78 is 0. The Labute approximate surface area is 427 Å². The van der Waals surface area contributed by atoms with Gasteiger partial charge < -0.3 is 69.9 Å². The van der Waals surface area contributed by atoms with Gasteiger partial charge in [0.2, 0.25) is 47.3 Å². The third kappa shape index (κ3) is 20.6. The summed E-state index contributed by atoms with van der Waals surface area (Å²) in [5.74, 6) is -9.69. The Bertz CT molecular complexity index is 2320. The molecule has 390 valence electrons. The minimum absolute atomic E-state index is 0.0178. The van der Waals surface area contributed by atoms with Crippen LogP contribution in [0.2, 0.25) is 0 Å². The van der Waals surface area contributed by atoms with Crippen molar-refractivity contribution in [3.05, 3.63) is 108 Å². The van der Waals surface area contributed by atoms with E-state index in [9.17, 15) is 53.4 Å². The quantitative estimate of drug-likeness (QED) is 0.0136. The summed E-state index contributed by atoms with van der Waals surface area (Å²) in [5.41, 5.74) is 18.5. The van der Waals surface area contributed by atoms with E-state index in [0.29, 0.717) is 16.7 Å². The Balaban J connectivity index is 1.94. The van der Waals surface area contributed by atoms with E-state index in [2.05, 4.69) is 67.8 Å². The summed E-state index contributed by atoms with van der Waals surface area (Å²) in [6, 6.07) is 13.5. The third-order valence-corrected chi connectivity index (χ3v) is 11.6. The van der Waals surface area contributed by atoms with Gasteiger partial charge in [0, 0.05) is 37.3 Å². The molecule has 3 aromatic carbocycles. The molecule has 3 aromatic rings. The maximum atomic E-state index is 14.4. The van der Waals surface area contributed by atoms with Crippen LogP contribution in [0.25, 0.3) is 0 Å². The van der Waals surface area contributed by atoms with Crippen molar-refractivity contribution in [1.29, 1.82) is 5.41 Å². The van der Waals surface area contributed by atoms with Crippen LogP contribution in [0.1, 0.15) is 42.9 Å². The van der Waals surface area contributed by atoms with Crippen molar-refractivity contribution in [2.24, 2.45) is 17.2 Å². The number of carboxylic acid groups (broad SMARTS) is 1. The van der Waals surface area contributed by atoms with Gasteiger partial charge in [-0.05, 0) is 36.5 Å². The van der Waals surface area contributed by atoms with E-state index in [-0.39, 0.29) is 56.1 Å². The average Bonchev–Trinajstić information content (AvgIpc) is 3.34. The molecule has 0 saturated heterocycles. The van der Waals surface area contributed by atoms with E-state index in [1.54, 1.807) is 91.0 Å². The van der Waals surface area contributed by atoms with Gasteiger partial charge in [0.15, 0.2) is 5.96 Å². The van der Waals surface area contributed by atoms with E-state index in [1.165, 1.54) is 0 Å². The normalized spacial score (nSPS) is 14.6. The topological polar surface area (TPSA) is 392 Å². The number of carbonyl (C=O) groups excluding carboxylic acids is 8. The molecule has 0 fully saturated rings. The van der Waals surface area contributed by atoms with Crippen molar-refractivity contribution < 1.29 is 53.4 Å². The summed E-state index contributed by atoms with van der Waals surface area (Å²) in [4.78, 5) is 121. The molecule has 72 heavy (non-hydrogen) atoms. The lowest BCUT2D eigenvalue weighted by Crippen LogP contribution is -2.62. The number of amides is 8. The Hall–Kier alpha value is -7.22. The lowest BCUT2D eigenvalue weighted by atomic mass is 10.0. The molecular weight excluding hydrogens is 973 g/mol. The molecule has 0 unspecified atom stereocenters. The summed E-state index contributed by atoms with van der Waals surface area (Å²) in [6.07, 6.45) is -2.69. The summed E-state index contributed by atoms with van der Waals surface area (Å²) in [7, 11) is 0. The second kappa shape index (κ2) is 30.5. The van der Waals surface area contributed by atoms with Crippen LogP contribution < -0.4 is 59.7 Å². The fraction of sp³-hybridized carbons (Fsp3) is 0.404. The van der Waals surface area contributed by atoms with E-state index in [1.807, 2.05) is 0 Å². The van der Waals surface area contributed by atoms with Crippen molar-refractivity contribution >= 4 is 84.4 Å². The number of carboxylic acids is 1. The van der Waals surface area contributed by atoms with Crippen molar-refractivity contribution in [1.82, 2.24) is 42.5 Å². The molecule has 0 saturated carbocycles. The zero-order valence-electron chi connectivity index (χ0n) is 39.4. The molecule has 0 spiro atoms. The molecule has 0 heterocycles. The van der Waals surface area contributed by atoms with E-state index < -0.39 is 114 Å². The van der Waals surface area contributed by atoms with Crippen molar-refractivity contribution in [3.63, 3.8) is 0 Å². The Kier molecular flexibility index (Phi) is 25.0. The summed E-state index contributed by atoms with van der Waals surface area (Å²) in [6.45, 7) is 1.32. The monoisotopic (exact) mass is 1040 g/mol. The molecule has 0 aliphatic heterocycles. The molecule has 9 atom stereocenters. The molecule has 0 aromatic heterocycles. The molecule has 8 amide bonds. The third-order valence-electron chi connectivity index (χ3n) is 10.8. The first-order chi connectivity index (χ1) is 34.2.